The van der Waals surface area contributed by atoms with Crippen molar-refractivity contribution < 1.29 is 0 Å². The predicted molar refractivity (Wildman–Crippen MR) is 80.0 cm³/mol. The minimum atomic E-state index is 0.433. The van der Waals surface area contributed by atoms with E-state index in [1.165, 1.54) is 38.8 Å². The Bertz CT molecular complexity index is 407. The number of piperidine rings is 1. The molecule has 0 bridgehead atoms. The lowest BCUT2D eigenvalue weighted by atomic mass is 9.99. The number of nitrogens with one attached hydrogen (secondary N) is 1. The number of hydrogen-bond acceptors (Lipinski definition) is 5. The number of rotatable bonds is 5. The number of hydrogen-bond donors (Lipinski definition) is 1. The number of anilines is 1. The standard InChI is InChI=1S/C14H24N4S/c1-10(2)13-16-14(19-17-13)18(12-5-6-12)9-11-4-3-7-15-8-11/h10-12,15H,3-9H2,1-2H3. The molecular formula is C14H24N4S. The third kappa shape index (κ3) is 3.26. The molecule has 1 saturated carbocycles. The summed E-state index contributed by atoms with van der Waals surface area (Å²) < 4.78 is 4.51. The van der Waals surface area contributed by atoms with Crippen LogP contribution in [0.15, 0.2) is 0 Å². The normalized spacial score (nSPS) is 23.8. The summed E-state index contributed by atoms with van der Waals surface area (Å²) in [7, 11) is 0. The highest BCUT2D eigenvalue weighted by atomic mass is 32.1. The van der Waals surface area contributed by atoms with Gasteiger partial charge < -0.3 is 10.2 Å². The molecule has 2 aliphatic rings. The molecule has 1 aliphatic heterocycles. The van der Waals surface area contributed by atoms with Crippen LogP contribution in [-0.2, 0) is 0 Å². The molecule has 1 atom stereocenters. The van der Waals surface area contributed by atoms with Crippen molar-refractivity contribution in [1.82, 2.24) is 14.7 Å². The van der Waals surface area contributed by atoms with Gasteiger partial charge in [-0.25, -0.2) is 4.98 Å². The Labute approximate surface area is 119 Å². The minimum Gasteiger partial charge on any atom is -0.344 e. The lowest BCUT2D eigenvalue weighted by Gasteiger charge is -2.29. The van der Waals surface area contributed by atoms with Gasteiger partial charge in [-0.2, -0.15) is 4.37 Å². The zero-order valence-corrected chi connectivity index (χ0v) is 12.7. The Morgan fingerprint density at radius 3 is 2.79 bits per heavy atom. The van der Waals surface area contributed by atoms with E-state index >= 15 is 0 Å². The van der Waals surface area contributed by atoms with Crippen LogP contribution in [-0.4, -0.2) is 35.0 Å². The van der Waals surface area contributed by atoms with Crippen LogP contribution in [0.1, 0.15) is 51.3 Å². The second kappa shape index (κ2) is 5.75. The highest BCUT2D eigenvalue weighted by Gasteiger charge is 2.33. The van der Waals surface area contributed by atoms with Gasteiger partial charge in [-0.05, 0) is 44.7 Å². The molecule has 5 heteroatoms. The number of aromatic nitrogens is 2. The minimum absolute atomic E-state index is 0.433. The molecule has 1 aliphatic carbocycles. The fraction of sp³-hybridized carbons (Fsp3) is 0.857. The summed E-state index contributed by atoms with van der Waals surface area (Å²) in [6, 6.07) is 0.731. The molecule has 0 aromatic carbocycles. The molecule has 0 amide bonds. The topological polar surface area (TPSA) is 41.1 Å². The van der Waals surface area contributed by atoms with Crippen molar-refractivity contribution in [3.8, 4) is 0 Å². The van der Waals surface area contributed by atoms with Gasteiger partial charge in [0, 0.05) is 30.0 Å². The van der Waals surface area contributed by atoms with Crippen LogP contribution in [0.5, 0.6) is 0 Å². The third-order valence-corrected chi connectivity index (χ3v) is 4.80. The highest BCUT2D eigenvalue weighted by molar-refractivity contribution is 7.09. The fourth-order valence-electron chi connectivity index (χ4n) is 2.71. The second-order valence-corrected chi connectivity index (χ2v) is 6.92. The lowest BCUT2D eigenvalue weighted by molar-refractivity contribution is 0.376. The molecule has 19 heavy (non-hydrogen) atoms. The molecule has 1 saturated heterocycles. The average molecular weight is 280 g/mol. The highest BCUT2D eigenvalue weighted by Crippen LogP contribution is 2.34. The maximum atomic E-state index is 4.75. The SMILES string of the molecule is CC(C)c1nsc(N(CC2CCCNC2)C2CC2)n1. The summed E-state index contributed by atoms with van der Waals surface area (Å²) in [4.78, 5) is 7.28. The summed E-state index contributed by atoms with van der Waals surface area (Å²) in [5.41, 5.74) is 0. The van der Waals surface area contributed by atoms with Crippen molar-refractivity contribution in [1.29, 1.82) is 0 Å². The van der Waals surface area contributed by atoms with E-state index in [1.54, 1.807) is 11.5 Å². The Balaban J connectivity index is 1.68. The van der Waals surface area contributed by atoms with E-state index in [0.717, 1.165) is 29.5 Å². The van der Waals surface area contributed by atoms with Gasteiger partial charge >= 0.3 is 0 Å². The summed E-state index contributed by atoms with van der Waals surface area (Å²) in [5, 5.41) is 4.66. The van der Waals surface area contributed by atoms with Gasteiger partial charge in [-0.1, -0.05) is 13.8 Å². The van der Waals surface area contributed by atoms with Gasteiger partial charge in [-0.15, -0.1) is 0 Å². The van der Waals surface area contributed by atoms with Gasteiger partial charge in [0.2, 0.25) is 5.13 Å². The molecular weight excluding hydrogens is 256 g/mol. The molecule has 1 N–H and O–H groups in total. The van der Waals surface area contributed by atoms with Crippen LogP contribution in [0, 0.1) is 5.92 Å². The molecule has 0 radical (unpaired) electrons. The van der Waals surface area contributed by atoms with Crippen molar-refractivity contribution >= 4 is 16.7 Å². The predicted octanol–water partition coefficient (Wildman–Crippen LogP) is 2.63. The van der Waals surface area contributed by atoms with Crippen LogP contribution in [0.25, 0.3) is 0 Å². The van der Waals surface area contributed by atoms with Crippen LogP contribution in [0.3, 0.4) is 0 Å². The second-order valence-electron chi connectivity index (χ2n) is 6.19. The van der Waals surface area contributed by atoms with Gasteiger partial charge in [-0.3, -0.25) is 0 Å². The summed E-state index contributed by atoms with van der Waals surface area (Å²) >= 11 is 1.59. The van der Waals surface area contributed by atoms with Crippen molar-refractivity contribution in [2.24, 2.45) is 5.92 Å². The monoisotopic (exact) mass is 280 g/mol. The van der Waals surface area contributed by atoms with Crippen LogP contribution >= 0.6 is 11.5 Å². The van der Waals surface area contributed by atoms with Gasteiger partial charge in [0.05, 0.1) is 0 Å². The molecule has 2 heterocycles. The van der Waals surface area contributed by atoms with E-state index in [-0.39, 0.29) is 0 Å². The first kappa shape index (κ1) is 13.3. The molecule has 0 spiro atoms. The lowest BCUT2D eigenvalue weighted by Crippen LogP contribution is -2.39. The van der Waals surface area contributed by atoms with Crippen LogP contribution in [0.2, 0.25) is 0 Å². The molecule has 1 unspecified atom stereocenters. The molecule has 4 nitrogen and oxygen atoms in total. The molecule has 106 valence electrons. The van der Waals surface area contributed by atoms with E-state index < -0.39 is 0 Å². The van der Waals surface area contributed by atoms with Gasteiger partial charge in [0.1, 0.15) is 5.82 Å². The molecule has 1 aromatic heterocycles. The van der Waals surface area contributed by atoms with E-state index in [9.17, 15) is 0 Å². The van der Waals surface area contributed by atoms with E-state index in [4.69, 9.17) is 4.98 Å². The largest absolute Gasteiger partial charge is 0.344 e. The smallest absolute Gasteiger partial charge is 0.205 e. The zero-order chi connectivity index (χ0) is 13.2. The average Bonchev–Trinajstić information content (AvgIpc) is 3.13. The molecule has 3 rings (SSSR count). The Kier molecular flexibility index (Phi) is 4.03. The molecule has 1 aromatic rings. The van der Waals surface area contributed by atoms with Crippen molar-refractivity contribution in [3.05, 3.63) is 5.82 Å². The Morgan fingerprint density at radius 2 is 2.21 bits per heavy atom. The van der Waals surface area contributed by atoms with Crippen LogP contribution in [0.4, 0.5) is 5.13 Å². The van der Waals surface area contributed by atoms with E-state index in [0.29, 0.717) is 5.92 Å². The maximum Gasteiger partial charge on any atom is 0.205 e. The Morgan fingerprint density at radius 1 is 1.37 bits per heavy atom. The quantitative estimate of drug-likeness (QED) is 0.900. The first-order valence-corrected chi connectivity index (χ1v) is 8.32. The summed E-state index contributed by atoms with van der Waals surface area (Å²) in [5.74, 6) is 2.22. The van der Waals surface area contributed by atoms with E-state index in [2.05, 4.69) is 28.4 Å². The third-order valence-electron chi connectivity index (χ3n) is 4.03. The van der Waals surface area contributed by atoms with Crippen LogP contribution < -0.4 is 10.2 Å². The first-order valence-electron chi connectivity index (χ1n) is 7.55. The van der Waals surface area contributed by atoms with Gasteiger partial charge in [0.15, 0.2) is 0 Å². The maximum absolute atomic E-state index is 4.75. The van der Waals surface area contributed by atoms with E-state index in [1.807, 2.05) is 0 Å². The first-order chi connectivity index (χ1) is 9.24. The fourth-order valence-corrected chi connectivity index (χ4v) is 3.59. The van der Waals surface area contributed by atoms with Crippen molar-refractivity contribution in [2.45, 2.75) is 51.5 Å². The summed E-state index contributed by atoms with van der Waals surface area (Å²) in [6.45, 7) is 7.84. The zero-order valence-electron chi connectivity index (χ0n) is 11.9. The van der Waals surface area contributed by atoms with Gasteiger partial charge in [0.25, 0.3) is 0 Å². The Hall–Kier alpha value is -0.680. The molecule has 2 fully saturated rings. The number of nitrogens with zero attached hydrogens (tertiary/aromatic N) is 3. The summed E-state index contributed by atoms with van der Waals surface area (Å²) in [6.07, 6.45) is 5.33. The van der Waals surface area contributed by atoms with Crippen molar-refractivity contribution in [3.63, 3.8) is 0 Å². The van der Waals surface area contributed by atoms with Crippen molar-refractivity contribution in [2.75, 3.05) is 24.5 Å².